The fourth-order valence-electron chi connectivity index (χ4n) is 4.94. The van der Waals surface area contributed by atoms with Gasteiger partial charge in [-0.1, -0.05) is 31.9 Å². The van der Waals surface area contributed by atoms with Crippen LogP contribution in [-0.2, 0) is 0 Å². The Bertz CT molecular complexity index is 279. The molecule has 1 spiro atoms. The molecule has 0 heterocycles. The van der Waals surface area contributed by atoms with Gasteiger partial charge in [0.2, 0.25) is 0 Å². The number of allylic oxidation sites excluding steroid dienone is 2. The van der Waals surface area contributed by atoms with Crippen molar-refractivity contribution in [1.82, 2.24) is 0 Å². The molecule has 3 saturated carbocycles. The Morgan fingerprint density at radius 2 is 1.53 bits per heavy atom. The average Bonchev–Trinajstić information content (AvgIpc) is 2.21. The molecule has 17 heavy (non-hydrogen) atoms. The normalized spacial score (nSPS) is 50.2. The van der Waals surface area contributed by atoms with Crippen LogP contribution in [0.3, 0.4) is 0 Å². The van der Waals surface area contributed by atoms with E-state index in [2.05, 4.69) is 26.0 Å². The molecule has 0 aliphatic heterocycles. The van der Waals surface area contributed by atoms with Crippen LogP contribution in [0.25, 0.3) is 0 Å². The molecule has 0 heteroatoms. The molecule has 0 atom stereocenters. The van der Waals surface area contributed by atoms with Gasteiger partial charge in [-0.05, 0) is 74.5 Å². The van der Waals surface area contributed by atoms with Gasteiger partial charge in [0, 0.05) is 0 Å². The van der Waals surface area contributed by atoms with Crippen LogP contribution in [0, 0.1) is 29.1 Å². The Morgan fingerprint density at radius 1 is 0.882 bits per heavy atom. The van der Waals surface area contributed by atoms with E-state index in [0.29, 0.717) is 0 Å². The smallest absolute Gasteiger partial charge is 0.0223 e. The van der Waals surface area contributed by atoms with Crippen LogP contribution >= 0.6 is 0 Å². The predicted molar refractivity (Wildman–Crippen MR) is 73.8 cm³/mol. The third kappa shape index (κ3) is 2.20. The molecule has 0 bridgehead atoms. The summed E-state index contributed by atoms with van der Waals surface area (Å²) in [6.07, 6.45) is 17.0. The van der Waals surface area contributed by atoms with Crippen LogP contribution in [0.5, 0.6) is 0 Å². The first kappa shape index (κ1) is 11.8. The Balaban J connectivity index is 1.43. The molecule has 0 amide bonds. The largest absolute Gasteiger partial charge is 0.0914 e. The summed E-state index contributed by atoms with van der Waals surface area (Å²) in [7, 11) is 0. The van der Waals surface area contributed by atoms with Gasteiger partial charge in [-0.2, -0.15) is 0 Å². The molecule has 3 aliphatic rings. The van der Waals surface area contributed by atoms with E-state index in [1.807, 2.05) is 0 Å². The Hall–Kier alpha value is -0.260. The molecule has 0 saturated heterocycles. The van der Waals surface area contributed by atoms with Gasteiger partial charge in [-0.25, -0.2) is 0 Å². The molecule has 3 aliphatic carbocycles. The third-order valence-corrected chi connectivity index (χ3v) is 5.97. The first-order valence-electron chi connectivity index (χ1n) is 7.83. The van der Waals surface area contributed by atoms with Crippen molar-refractivity contribution in [2.45, 2.75) is 65.2 Å². The Morgan fingerprint density at radius 3 is 2.12 bits per heavy atom. The quantitative estimate of drug-likeness (QED) is 0.574. The molecule has 0 nitrogen and oxygen atoms in total. The number of hydrogen-bond acceptors (Lipinski definition) is 0. The maximum Gasteiger partial charge on any atom is -0.0223 e. The SMILES string of the molecule is C/C=C/C1CC2(C1)CC(C1CCC(C)CC1)C2. The molecule has 3 rings (SSSR count). The maximum atomic E-state index is 2.44. The van der Waals surface area contributed by atoms with Gasteiger partial charge in [0.1, 0.15) is 0 Å². The lowest BCUT2D eigenvalue weighted by Gasteiger charge is -2.59. The van der Waals surface area contributed by atoms with Gasteiger partial charge in [-0.3, -0.25) is 0 Å². The Labute approximate surface area is 107 Å². The summed E-state index contributed by atoms with van der Waals surface area (Å²) in [5.41, 5.74) is 0.831. The number of hydrogen-bond donors (Lipinski definition) is 0. The molecule has 0 radical (unpaired) electrons. The van der Waals surface area contributed by atoms with Crippen molar-refractivity contribution in [1.29, 1.82) is 0 Å². The fraction of sp³-hybridized carbons (Fsp3) is 0.882. The van der Waals surface area contributed by atoms with E-state index in [1.165, 1.54) is 25.7 Å². The number of rotatable bonds is 2. The summed E-state index contributed by atoms with van der Waals surface area (Å²) in [4.78, 5) is 0. The lowest BCUT2D eigenvalue weighted by molar-refractivity contribution is -0.0807. The van der Waals surface area contributed by atoms with Crippen LogP contribution in [0.1, 0.15) is 65.2 Å². The van der Waals surface area contributed by atoms with Crippen LogP contribution in [0.2, 0.25) is 0 Å². The van der Waals surface area contributed by atoms with Gasteiger partial charge >= 0.3 is 0 Å². The van der Waals surface area contributed by atoms with Gasteiger partial charge < -0.3 is 0 Å². The van der Waals surface area contributed by atoms with E-state index in [1.54, 1.807) is 25.7 Å². The summed E-state index contributed by atoms with van der Waals surface area (Å²) < 4.78 is 0. The maximum absolute atomic E-state index is 2.44. The molecular weight excluding hydrogens is 204 g/mol. The zero-order chi connectivity index (χ0) is 11.9. The van der Waals surface area contributed by atoms with Crippen molar-refractivity contribution in [2.75, 3.05) is 0 Å². The monoisotopic (exact) mass is 232 g/mol. The molecule has 0 aromatic carbocycles. The van der Waals surface area contributed by atoms with Crippen LogP contribution in [0.15, 0.2) is 12.2 Å². The van der Waals surface area contributed by atoms with E-state index in [0.717, 1.165) is 29.1 Å². The van der Waals surface area contributed by atoms with Crippen molar-refractivity contribution >= 4 is 0 Å². The zero-order valence-electron chi connectivity index (χ0n) is 11.6. The average molecular weight is 232 g/mol. The van der Waals surface area contributed by atoms with Crippen molar-refractivity contribution in [3.63, 3.8) is 0 Å². The van der Waals surface area contributed by atoms with E-state index in [4.69, 9.17) is 0 Å². The fourth-order valence-corrected chi connectivity index (χ4v) is 4.94. The van der Waals surface area contributed by atoms with E-state index >= 15 is 0 Å². The zero-order valence-corrected chi connectivity index (χ0v) is 11.6. The van der Waals surface area contributed by atoms with E-state index < -0.39 is 0 Å². The minimum Gasteiger partial charge on any atom is -0.0914 e. The highest BCUT2D eigenvalue weighted by molar-refractivity contribution is 5.09. The van der Waals surface area contributed by atoms with E-state index in [-0.39, 0.29) is 0 Å². The van der Waals surface area contributed by atoms with Crippen molar-refractivity contribution in [2.24, 2.45) is 29.1 Å². The lowest BCUT2D eigenvalue weighted by atomic mass is 9.45. The minimum absolute atomic E-state index is 0.831. The standard InChI is InChI=1S/C17H28/c1-3-4-14-9-17(10-14)11-16(12-17)15-7-5-13(2)6-8-15/h3-4,13-16H,5-12H2,1-2H3/b4-3+. The van der Waals surface area contributed by atoms with Crippen molar-refractivity contribution in [3.05, 3.63) is 12.2 Å². The van der Waals surface area contributed by atoms with Crippen LogP contribution in [0.4, 0.5) is 0 Å². The molecule has 0 unspecified atom stereocenters. The second-order valence-corrected chi connectivity index (χ2v) is 7.38. The van der Waals surface area contributed by atoms with Gasteiger partial charge in [0.15, 0.2) is 0 Å². The summed E-state index contributed by atoms with van der Waals surface area (Å²) in [5, 5.41) is 0. The van der Waals surface area contributed by atoms with E-state index in [9.17, 15) is 0 Å². The van der Waals surface area contributed by atoms with Crippen LogP contribution in [-0.4, -0.2) is 0 Å². The summed E-state index contributed by atoms with van der Waals surface area (Å²) in [5.74, 6) is 4.18. The molecule has 3 fully saturated rings. The minimum atomic E-state index is 0.831. The summed E-state index contributed by atoms with van der Waals surface area (Å²) in [6, 6.07) is 0. The molecule has 0 N–H and O–H groups in total. The second kappa shape index (κ2) is 4.44. The Kier molecular flexibility index (Phi) is 3.09. The predicted octanol–water partition coefficient (Wildman–Crippen LogP) is 5.20. The van der Waals surface area contributed by atoms with Crippen molar-refractivity contribution in [3.8, 4) is 0 Å². The van der Waals surface area contributed by atoms with Gasteiger partial charge in [0.25, 0.3) is 0 Å². The molecule has 0 aromatic heterocycles. The third-order valence-electron chi connectivity index (χ3n) is 5.97. The second-order valence-electron chi connectivity index (χ2n) is 7.38. The highest BCUT2D eigenvalue weighted by atomic mass is 14.6. The first-order valence-corrected chi connectivity index (χ1v) is 7.83. The summed E-state index contributed by atoms with van der Waals surface area (Å²) in [6.45, 7) is 4.60. The highest BCUT2D eigenvalue weighted by Gasteiger charge is 2.53. The van der Waals surface area contributed by atoms with Crippen LogP contribution < -0.4 is 0 Å². The summed E-state index contributed by atoms with van der Waals surface area (Å²) >= 11 is 0. The topological polar surface area (TPSA) is 0 Å². The first-order chi connectivity index (χ1) is 8.21. The van der Waals surface area contributed by atoms with Gasteiger partial charge in [-0.15, -0.1) is 0 Å². The lowest BCUT2D eigenvalue weighted by Crippen LogP contribution is -2.49. The molecule has 0 aromatic rings. The molecule has 96 valence electrons. The van der Waals surface area contributed by atoms with Crippen molar-refractivity contribution < 1.29 is 0 Å². The highest BCUT2D eigenvalue weighted by Crippen LogP contribution is 2.64. The molecular formula is C17H28. The van der Waals surface area contributed by atoms with Gasteiger partial charge in [0.05, 0.1) is 0 Å².